The first-order chi connectivity index (χ1) is 15.9. The Bertz CT molecular complexity index is 1400. The van der Waals surface area contributed by atoms with Crippen molar-refractivity contribution in [3.8, 4) is 5.75 Å². The maximum Gasteiger partial charge on any atom is 0.256 e. The van der Waals surface area contributed by atoms with Gasteiger partial charge in [-0.15, -0.1) is 0 Å². The van der Waals surface area contributed by atoms with E-state index in [9.17, 15) is 18.0 Å². The number of fused-ring (bicyclic) bond motifs is 1. The molecular weight excluding hydrogens is 458 g/mol. The number of benzene rings is 1. The molecule has 0 radical (unpaired) electrons. The van der Waals surface area contributed by atoms with Crippen molar-refractivity contribution in [3.05, 3.63) is 57.1 Å². The van der Waals surface area contributed by atoms with Gasteiger partial charge in [0.05, 0.1) is 47.3 Å². The average molecular weight is 490 g/mol. The Labute approximate surface area is 199 Å². The van der Waals surface area contributed by atoms with Crippen LogP contribution in [0.3, 0.4) is 0 Å². The number of aromatic nitrogens is 2. The molecule has 2 heterocycles. The molecule has 2 unspecified atom stereocenters. The van der Waals surface area contributed by atoms with Crippen LogP contribution >= 0.6 is 0 Å². The molecule has 2 aromatic heterocycles. The molecule has 3 aromatic rings. The molecule has 1 aromatic carbocycles. The molecule has 2 N–H and O–H groups in total. The number of nitrogens with one attached hydrogen (secondary N) is 2. The number of nitrogens with zero attached hydrogens (tertiary/aromatic N) is 1. The van der Waals surface area contributed by atoms with Crippen LogP contribution in [0.5, 0.6) is 5.75 Å². The summed E-state index contributed by atoms with van der Waals surface area (Å²) >= 11 is 0. The van der Waals surface area contributed by atoms with Crippen LogP contribution in [0.4, 0.5) is 0 Å². The second kappa shape index (κ2) is 9.63. The zero-order valence-electron chi connectivity index (χ0n) is 20.5. The third-order valence-corrected chi connectivity index (χ3v) is 7.32. The Morgan fingerprint density at radius 1 is 1.18 bits per heavy atom. The zero-order valence-corrected chi connectivity index (χ0v) is 21.3. The molecule has 9 nitrogen and oxygen atoms in total. The number of aromatic amines is 1. The van der Waals surface area contributed by atoms with Crippen LogP contribution in [0.25, 0.3) is 10.9 Å². The Kier molecular flexibility index (Phi) is 7.23. The number of pyridine rings is 1. The van der Waals surface area contributed by atoms with Crippen LogP contribution in [0, 0.1) is 13.8 Å². The standard InChI is InChI=1S/C24H31N3O6S/c1-13-10-21(33-6)19(23(28)26-13)12-25-24(29)22-15(3)27(14(2)16(4)32-5)20-11-17(34(7,30)31)8-9-18(20)22/h8-11,14,16H,12H2,1-7H3,(H,25,29)(H,26,28). The van der Waals surface area contributed by atoms with E-state index in [0.717, 1.165) is 6.26 Å². The van der Waals surface area contributed by atoms with Gasteiger partial charge in [0.1, 0.15) is 5.75 Å². The molecule has 1 amide bonds. The number of rotatable bonds is 8. The number of H-pyrrole nitrogens is 1. The topological polar surface area (TPSA) is 119 Å². The van der Waals surface area contributed by atoms with Crippen molar-refractivity contribution >= 4 is 26.6 Å². The van der Waals surface area contributed by atoms with Crippen LogP contribution in [0.2, 0.25) is 0 Å². The van der Waals surface area contributed by atoms with E-state index in [1.165, 1.54) is 13.2 Å². The summed E-state index contributed by atoms with van der Waals surface area (Å²) in [5, 5.41) is 3.44. The van der Waals surface area contributed by atoms with Crippen molar-refractivity contribution in [1.29, 1.82) is 0 Å². The molecule has 0 aliphatic rings. The molecule has 3 rings (SSSR count). The van der Waals surface area contributed by atoms with E-state index in [1.807, 2.05) is 25.3 Å². The SMILES string of the molecule is COc1cc(C)[nH]c(=O)c1CNC(=O)c1c(C)n(C(C)C(C)OC)c2cc(S(C)(=O)=O)ccc12. The monoisotopic (exact) mass is 489 g/mol. The number of carbonyl (C=O) groups is 1. The largest absolute Gasteiger partial charge is 0.496 e. The quantitative estimate of drug-likeness (QED) is 0.502. The molecule has 10 heteroatoms. The van der Waals surface area contributed by atoms with E-state index < -0.39 is 9.84 Å². The summed E-state index contributed by atoms with van der Waals surface area (Å²) in [6.45, 7) is 7.39. The minimum atomic E-state index is -3.45. The Morgan fingerprint density at radius 2 is 1.85 bits per heavy atom. The molecule has 0 fully saturated rings. The summed E-state index contributed by atoms with van der Waals surface area (Å²) in [7, 11) is -0.377. The van der Waals surface area contributed by atoms with Crippen molar-refractivity contribution in [3.63, 3.8) is 0 Å². The summed E-state index contributed by atoms with van der Waals surface area (Å²) in [6.07, 6.45) is 0.956. The summed E-state index contributed by atoms with van der Waals surface area (Å²) in [4.78, 5) is 28.7. The number of hydrogen-bond donors (Lipinski definition) is 2. The second-order valence-corrected chi connectivity index (χ2v) is 10.5. The van der Waals surface area contributed by atoms with E-state index in [1.54, 1.807) is 32.2 Å². The van der Waals surface area contributed by atoms with Gasteiger partial charge in [-0.25, -0.2) is 8.42 Å². The summed E-state index contributed by atoms with van der Waals surface area (Å²) in [5.41, 5.74) is 2.32. The van der Waals surface area contributed by atoms with Gasteiger partial charge in [0.15, 0.2) is 9.84 Å². The summed E-state index contributed by atoms with van der Waals surface area (Å²) in [5.74, 6) is 0.00805. The van der Waals surface area contributed by atoms with Crippen molar-refractivity contribution in [2.45, 2.75) is 51.3 Å². The van der Waals surface area contributed by atoms with Crippen molar-refractivity contribution in [1.82, 2.24) is 14.9 Å². The molecule has 0 saturated heterocycles. The third-order valence-electron chi connectivity index (χ3n) is 6.21. The lowest BCUT2D eigenvalue weighted by Crippen LogP contribution is -2.28. The van der Waals surface area contributed by atoms with Gasteiger partial charge in [0, 0.05) is 30.1 Å². The van der Waals surface area contributed by atoms with Crippen molar-refractivity contribution < 1.29 is 22.7 Å². The molecule has 2 atom stereocenters. The average Bonchev–Trinajstić information content (AvgIpc) is 3.06. The Hall–Kier alpha value is -3.11. The minimum Gasteiger partial charge on any atom is -0.496 e. The summed E-state index contributed by atoms with van der Waals surface area (Å²) < 4.78 is 37.1. The first-order valence-corrected chi connectivity index (χ1v) is 12.7. The van der Waals surface area contributed by atoms with Gasteiger partial charge in [-0.1, -0.05) is 6.07 Å². The van der Waals surface area contributed by atoms with E-state index in [0.29, 0.717) is 39.2 Å². The highest BCUT2D eigenvalue weighted by molar-refractivity contribution is 7.90. The molecule has 0 aliphatic carbocycles. The Morgan fingerprint density at radius 3 is 2.44 bits per heavy atom. The number of ether oxygens (including phenoxy) is 2. The molecule has 184 valence electrons. The fourth-order valence-electron chi connectivity index (χ4n) is 4.16. The molecule has 0 bridgehead atoms. The number of aryl methyl sites for hydroxylation is 1. The fraction of sp³-hybridized carbons (Fsp3) is 0.417. The lowest BCUT2D eigenvalue weighted by molar-refractivity contribution is 0.0783. The first kappa shape index (κ1) is 25.5. The number of carbonyl (C=O) groups excluding carboxylic acids is 1. The van der Waals surface area contributed by atoms with Crippen molar-refractivity contribution in [2.75, 3.05) is 20.5 Å². The maximum atomic E-state index is 13.4. The Balaban J connectivity index is 2.11. The van der Waals surface area contributed by atoms with Gasteiger partial charge in [0.25, 0.3) is 11.5 Å². The van der Waals surface area contributed by atoms with Crippen LogP contribution < -0.4 is 15.6 Å². The normalized spacial score (nSPS) is 13.6. The van der Waals surface area contributed by atoms with Gasteiger partial charge in [0.2, 0.25) is 0 Å². The van der Waals surface area contributed by atoms with E-state index in [2.05, 4.69) is 10.3 Å². The zero-order chi connectivity index (χ0) is 25.4. The van der Waals surface area contributed by atoms with Gasteiger partial charge in [-0.3, -0.25) is 9.59 Å². The minimum absolute atomic E-state index is 0.0326. The molecule has 34 heavy (non-hydrogen) atoms. The molecule has 0 spiro atoms. The number of methoxy groups -OCH3 is 2. The number of hydrogen-bond acceptors (Lipinski definition) is 6. The lowest BCUT2D eigenvalue weighted by atomic mass is 10.1. The van der Waals surface area contributed by atoms with Gasteiger partial charge in [-0.2, -0.15) is 0 Å². The second-order valence-electron chi connectivity index (χ2n) is 8.47. The molecule has 0 aliphatic heterocycles. The van der Waals surface area contributed by atoms with Crippen LogP contribution in [-0.4, -0.2) is 50.5 Å². The van der Waals surface area contributed by atoms with Gasteiger partial charge in [-0.05, 0) is 45.9 Å². The van der Waals surface area contributed by atoms with Crippen LogP contribution in [0.1, 0.15) is 47.2 Å². The van der Waals surface area contributed by atoms with E-state index in [4.69, 9.17) is 9.47 Å². The van der Waals surface area contributed by atoms with Gasteiger partial charge < -0.3 is 24.3 Å². The van der Waals surface area contributed by atoms with E-state index in [-0.39, 0.29) is 35.1 Å². The predicted molar refractivity (Wildman–Crippen MR) is 130 cm³/mol. The summed E-state index contributed by atoms with van der Waals surface area (Å²) in [6, 6.07) is 6.25. The highest BCUT2D eigenvalue weighted by Gasteiger charge is 2.26. The highest BCUT2D eigenvalue weighted by atomic mass is 32.2. The number of sulfone groups is 1. The van der Waals surface area contributed by atoms with Crippen LogP contribution in [0.15, 0.2) is 34.0 Å². The molecular formula is C24H31N3O6S. The fourth-order valence-corrected chi connectivity index (χ4v) is 4.80. The lowest BCUT2D eigenvalue weighted by Gasteiger charge is -2.23. The predicted octanol–water partition coefficient (Wildman–Crippen LogP) is 2.88. The number of amides is 1. The third kappa shape index (κ3) is 4.74. The smallest absolute Gasteiger partial charge is 0.256 e. The van der Waals surface area contributed by atoms with Crippen molar-refractivity contribution in [2.24, 2.45) is 0 Å². The molecule has 0 saturated carbocycles. The maximum absolute atomic E-state index is 13.4. The van der Waals surface area contributed by atoms with Crippen LogP contribution in [-0.2, 0) is 21.1 Å². The first-order valence-electron chi connectivity index (χ1n) is 10.8. The van der Waals surface area contributed by atoms with Gasteiger partial charge >= 0.3 is 0 Å². The van der Waals surface area contributed by atoms with E-state index >= 15 is 0 Å². The highest BCUT2D eigenvalue weighted by Crippen LogP contribution is 2.32.